The quantitative estimate of drug-likeness (QED) is 0.484. The Morgan fingerprint density at radius 1 is 0.763 bits per heavy atom. The van der Waals surface area contributed by atoms with Gasteiger partial charge >= 0.3 is 0 Å². The maximum absolute atomic E-state index is 13.7. The van der Waals surface area contributed by atoms with Crippen molar-refractivity contribution in [3.05, 3.63) is 42.5 Å². The highest BCUT2D eigenvalue weighted by atomic mass is 32.2. The van der Waals surface area contributed by atoms with Gasteiger partial charge in [-0.1, -0.05) is 12.1 Å². The van der Waals surface area contributed by atoms with Crippen LogP contribution in [0.15, 0.2) is 52.3 Å². The Hall–Kier alpha value is -3.00. The van der Waals surface area contributed by atoms with Crippen molar-refractivity contribution in [1.82, 2.24) is 8.61 Å². The van der Waals surface area contributed by atoms with Gasteiger partial charge in [-0.25, -0.2) is 16.8 Å². The summed E-state index contributed by atoms with van der Waals surface area (Å²) in [6, 6.07) is 10.7. The molecule has 4 N–H and O–H groups in total. The van der Waals surface area contributed by atoms with Gasteiger partial charge in [0, 0.05) is 49.6 Å². The van der Waals surface area contributed by atoms with Crippen LogP contribution in [0.25, 0.3) is 11.1 Å². The fraction of sp³-hybridized carbons (Fsp3) is 0.440. The van der Waals surface area contributed by atoms with Crippen molar-refractivity contribution < 1.29 is 31.2 Å². The molecule has 206 valence electrons. The van der Waals surface area contributed by atoms with Crippen molar-refractivity contribution in [2.24, 2.45) is 23.3 Å². The summed E-state index contributed by atoms with van der Waals surface area (Å²) in [7, 11) is -6.31. The molecule has 0 saturated carbocycles. The first-order valence-corrected chi connectivity index (χ1v) is 15.2. The van der Waals surface area contributed by atoms with Crippen LogP contribution in [-0.2, 0) is 29.6 Å². The van der Waals surface area contributed by atoms with Gasteiger partial charge in [0.2, 0.25) is 31.9 Å². The Kier molecular flexibility index (Phi) is 8.12. The molecule has 0 spiro atoms. The van der Waals surface area contributed by atoms with Crippen LogP contribution in [-0.4, -0.2) is 70.5 Å². The third-order valence-corrected chi connectivity index (χ3v) is 11.2. The normalized spacial score (nSPS) is 18.8. The van der Waals surface area contributed by atoms with Crippen LogP contribution >= 0.6 is 0 Å². The van der Waals surface area contributed by atoms with E-state index in [0.717, 1.165) is 0 Å². The van der Waals surface area contributed by atoms with E-state index in [4.69, 9.17) is 16.2 Å². The van der Waals surface area contributed by atoms with E-state index in [1.54, 1.807) is 24.3 Å². The minimum absolute atomic E-state index is 0.0264. The highest BCUT2D eigenvalue weighted by molar-refractivity contribution is 7.89. The predicted octanol–water partition coefficient (Wildman–Crippen LogP) is 1.13. The van der Waals surface area contributed by atoms with Crippen LogP contribution in [0.5, 0.6) is 5.75 Å². The molecule has 2 fully saturated rings. The standard InChI is InChI=1S/C25H32N4O7S2/c1-36-20-4-7-22(23(16-20)38(34,35)29-14-10-19(11-15-29)25(27)31)17-2-5-21(6-3-17)37(32,33)28-12-8-18(9-13-28)24(26)30/h2-7,16,18-19H,8-15H2,1H3,(H2,26,30)(H2,27,31). The van der Waals surface area contributed by atoms with Crippen LogP contribution in [0.1, 0.15) is 25.7 Å². The molecule has 2 aliphatic heterocycles. The summed E-state index contributed by atoms with van der Waals surface area (Å²) in [4.78, 5) is 23.0. The summed E-state index contributed by atoms with van der Waals surface area (Å²) >= 11 is 0. The molecule has 2 saturated heterocycles. The van der Waals surface area contributed by atoms with Gasteiger partial charge in [0.15, 0.2) is 0 Å². The van der Waals surface area contributed by atoms with Crippen LogP contribution in [0.4, 0.5) is 0 Å². The molecule has 0 atom stereocenters. The summed E-state index contributed by atoms with van der Waals surface area (Å²) < 4.78 is 61.6. The summed E-state index contributed by atoms with van der Waals surface area (Å²) in [5.74, 6) is -1.19. The highest BCUT2D eigenvalue weighted by Crippen LogP contribution is 2.35. The molecule has 2 aliphatic rings. The Morgan fingerprint density at radius 2 is 1.24 bits per heavy atom. The molecule has 0 aromatic heterocycles. The zero-order valence-corrected chi connectivity index (χ0v) is 22.7. The molecule has 2 aromatic carbocycles. The van der Waals surface area contributed by atoms with Crippen molar-refractivity contribution in [1.29, 1.82) is 0 Å². The van der Waals surface area contributed by atoms with Crippen molar-refractivity contribution in [2.75, 3.05) is 33.3 Å². The van der Waals surface area contributed by atoms with Gasteiger partial charge in [-0.05, 0) is 55.5 Å². The summed E-state index contributed by atoms with van der Waals surface area (Å²) in [5, 5.41) is 0. The fourth-order valence-corrected chi connectivity index (χ4v) is 8.11. The van der Waals surface area contributed by atoms with Crippen molar-refractivity contribution in [2.45, 2.75) is 35.5 Å². The smallest absolute Gasteiger partial charge is 0.243 e. The van der Waals surface area contributed by atoms with E-state index in [1.165, 1.54) is 33.9 Å². The Morgan fingerprint density at radius 3 is 1.68 bits per heavy atom. The molecule has 11 nitrogen and oxygen atoms in total. The number of sulfonamides is 2. The average Bonchev–Trinajstić information content (AvgIpc) is 2.92. The minimum Gasteiger partial charge on any atom is -0.497 e. The van der Waals surface area contributed by atoms with E-state index >= 15 is 0 Å². The van der Waals surface area contributed by atoms with Crippen molar-refractivity contribution in [3.8, 4) is 16.9 Å². The molecule has 0 radical (unpaired) electrons. The van der Waals surface area contributed by atoms with E-state index in [0.29, 0.717) is 42.6 Å². The van der Waals surface area contributed by atoms with E-state index < -0.39 is 31.9 Å². The molecule has 0 unspecified atom stereocenters. The zero-order chi connectivity index (χ0) is 27.7. The number of rotatable bonds is 8. The van der Waals surface area contributed by atoms with E-state index in [-0.39, 0.29) is 47.8 Å². The molecule has 4 rings (SSSR count). The number of hydrogen-bond donors (Lipinski definition) is 2. The first-order valence-electron chi connectivity index (χ1n) is 12.3. The fourth-order valence-electron chi connectivity index (χ4n) is 4.94. The number of hydrogen-bond acceptors (Lipinski definition) is 7. The topological polar surface area (TPSA) is 170 Å². The Balaban J connectivity index is 1.61. The Labute approximate surface area is 222 Å². The monoisotopic (exact) mass is 564 g/mol. The molecular formula is C25H32N4O7S2. The lowest BCUT2D eigenvalue weighted by Crippen LogP contribution is -2.41. The Bertz CT molecular complexity index is 1410. The van der Waals surface area contributed by atoms with E-state index in [9.17, 15) is 26.4 Å². The minimum atomic E-state index is -3.95. The highest BCUT2D eigenvalue weighted by Gasteiger charge is 2.34. The largest absolute Gasteiger partial charge is 0.497 e. The maximum Gasteiger partial charge on any atom is 0.243 e. The zero-order valence-electron chi connectivity index (χ0n) is 21.1. The number of methoxy groups -OCH3 is 1. The van der Waals surface area contributed by atoms with Gasteiger partial charge in [-0.15, -0.1) is 0 Å². The predicted molar refractivity (Wildman–Crippen MR) is 140 cm³/mol. The second kappa shape index (κ2) is 11.0. The molecule has 2 amide bonds. The molecule has 0 bridgehead atoms. The molecular weight excluding hydrogens is 532 g/mol. The van der Waals surface area contributed by atoms with Gasteiger partial charge < -0.3 is 16.2 Å². The van der Waals surface area contributed by atoms with Crippen LogP contribution in [0.2, 0.25) is 0 Å². The summed E-state index contributed by atoms with van der Waals surface area (Å²) in [6.45, 7) is 0.725. The van der Waals surface area contributed by atoms with Gasteiger partial charge in [0.25, 0.3) is 0 Å². The van der Waals surface area contributed by atoms with Gasteiger partial charge in [0.1, 0.15) is 5.75 Å². The third-order valence-electron chi connectivity index (χ3n) is 7.32. The van der Waals surface area contributed by atoms with Crippen LogP contribution in [0.3, 0.4) is 0 Å². The molecule has 2 heterocycles. The molecule has 0 aliphatic carbocycles. The van der Waals surface area contributed by atoms with E-state index in [1.807, 2.05) is 0 Å². The number of carbonyl (C=O) groups excluding carboxylic acids is 2. The van der Waals surface area contributed by atoms with Crippen LogP contribution < -0.4 is 16.2 Å². The summed E-state index contributed by atoms with van der Waals surface area (Å²) in [6.07, 6.45) is 1.43. The SMILES string of the molecule is COc1ccc(-c2ccc(S(=O)(=O)N3CCC(C(N)=O)CC3)cc2)c(S(=O)(=O)N2CCC(C(N)=O)CC2)c1. The van der Waals surface area contributed by atoms with Crippen molar-refractivity contribution in [3.63, 3.8) is 0 Å². The van der Waals surface area contributed by atoms with Gasteiger partial charge in [-0.3, -0.25) is 9.59 Å². The second-order valence-corrected chi connectivity index (χ2v) is 13.4. The summed E-state index contributed by atoms with van der Waals surface area (Å²) in [5.41, 5.74) is 11.7. The number of primary amides is 2. The number of amides is 2. The number of ether oxygens (including phenoxy) is 1. The van der Waals surface area contributed by atoms with E-state index in [2.05, 4.69) is 0 Å². The lowest BCUT2D eigenvalue weighted by Gasteiger charge is -2.30. The van der Waals surface area contributed by atoms with Crippen LogP contribution in [0, 0.1) is 11.8 Å². The third kappa shape index (κ3) is 5.55. The molecule has 38 heavy (non-hydrogen) atoms. The number of benzene rings is 2. The van der Waals surface area contributed by atoms with Crippen molar-refractivity contribution >= 4 is 31.9 Å². The lowest BCUT2D eigenvalue weighted by molar-refractivity contribution is -0.123. The number of nitrogens with two attached hydrogens (primary N) is 2. The number of nitrogens with zero attached hydrogens (tertiary/aromatic N) is 2. The lowest BCUT2D eigenvalue weighted by atomic mass is 9.98. The first kappa shape index (κ1) is 28.0. The second-order valence-electron chi connectivity index (χ2n) is 9.55. The maximum atomic E-state index is 13.7. The molecule has 2 aromatic rings. The number of carbonyl (C=O) groups is 2. The average molecular weight is 565 g/mol. The molecule has 13 heteroatoms. The first-order chi connectivity index (χ1) is 17.9. The number of piperidine rings is 2. The van der Waals surface area contributed by atoms with Gasteiger partial charge in [0.05, 0.1) is 16.9 Å². The van der Waals surface area contributed by atoms with Gasteiger partial charge in [-0.2, -0.15) is 8.61 Å².